The lowest BCUT2D eigenvalue weighted by Gasteiger charge is -2.12. The zero-order chi connectivity index (χ0) is 12.9. The van der Waals surface area contributed by atoms with Crippen molar-refractivity contribution in [3.05, 3.63) is 24.3 Å². The molecular formula is C12H18ClNO2S. The van der Waals surface area contributed by atoms with Gasteiger partial charge in [-0.15, -0.1) is 11.6 Å². The zero-order valence-corrected chi connectivity index (χ0v) is 11.7. The predicted molar refractivity (Wildman–Crippen MR) is 72.5 cm³/mol. The average Bonchev–Trinajstić information content (AvgIpc) is 2.26. The predicted octanol–water partition coefficient (Wildman–Crippen LogP) is 2.77. The maximum Gasteiger partial charge on any atom is 0.175 e. The summed E-state index contributed by atoms with van der Waals surface area (Å²) < 4.78 is 22.5. The third-order valence-electron chi connectivity index (χ3n) is 2.54. The largest absolute Gasteiger partial charge is 0.385 e. The van der Waals surface area contributed by atoms with Gasteiger partial charge < -0.3 is 5.32 Å². The third-order valence-corrected chi connectivity index (χ3v) is 3.89. The van der Waals surface area contributed by atoms with Crippen molar-refractivity contribution in [2.45, 2.75) is 18.2 Å². The van der Waals surface area contributed by atoms with E-state index in [0.29, 0.717) is 16.7 Å². The highest BCUT2D eigenvalue weighted by atomic mass is 35.5. The summed E-state index contributed by atoms with van der Waals surface area (Å²) >= 11 is 5.65. The van der Waals surface area contributed by atoms with Crippen LogP contribution in [0.4, 0.5) is 5.69 Å². The number of anilines is 1. The summed E-state index contributed by atoms with van der Waals surface area (Å²) in [7, 11) is -3.10. The number of hydrogen-bond acceptors (Lipinski definition) is 3. The van der Waals surface area contributed by atoms with Crippen LogP contribution in [0.15, 0.2) is 29.2 Å². The van der Waals surface area contributed by atoms with Gasteiger partial charge in [0.25, 0.3) is 0 Å². The highest BCUT2D eigenvalue weighted by Crippen LogP contribution is 2.14. The van der Waals surface area contributed by atoms with Crippen LogP contribution in [-0.4, -0.2) is 27.1 Å². The first-order chi connectivity index (χ1) is 7.93. The molecule has 0 amide bonds. The number of hydrogen-bond donors (Lipinski definition) is 1. The summed E-state index contributed by atoms with van der Waals surface area (Å²) in [5.74, 6) is 1.16. The molecule has 1 atom stereocenters. The van der Waals surface area contributed by atoms with Gasteiger partial charge in [-0.3, -0.25) is 0 Å². The summed E-state index contributed by atoms with van der Waals surface area (Å²) in [5, 5.41) is 3.25. The summed E-state index contributed by atoms with van der Waals surface area (Å²) in [6.45, 7) is 2.96. The number of alkyl halides is 1. The first kappa shape index (κ1) is 14.3. The van der Waals surface area contributed by atoms with Gasteiger partial charge in [-0.1, -0.05) is 6.92 Å². The molecule has 0 aliphatic heterocycles. The summed E-state index contributed by atoms with van der Waals surface area (Å²) in [5.41, 5.74) is 0.929. The van der Waals surface area contributed by atoms with Crippen molar-refractivity contribution in [1.29, 1.82) is 0 Å². The van der Waals surface area contributed by atoms with Crippen molar-refractivity contribution in [3.63, 3.8) is 0 Å². The van der Waals surface area contributed by atoms with Crippen molar-refractivity contribution < 1.29 is 8.42 Å². The van der Waals surface area contributed by atoms with E-state index in [9.17, 15) is 8.42 Å². The highest BCUT2D eigenvalue weighted by molar-refractivity contribution is 7.90. The third kappa shape index (κ3) is 4.96. The Hall–Kier alpha value is -0.740. The number of sulfone groups is 1. The Kier molecular flexibility index (Phi) is 5.28. The molecule has 0 radical (unpaired) electrons. The molecule has 1 rings (SSSR count). The van der Waals surface area contributed by atoms with Crippen molar-refractivity contribution in [1.82, 2.24) is 0 Å². The van der Waals surface area contributed by atoms with E-state index >= 15 is 0 Å². The molecule has 1 unspecified atom stereocenters. The van der Waals surface area contributed by atoms with Crippen molar-refractivity contribution in [2.24, 2.45) is 5.92 Å². The minimum Gasteiger partial charge on any atom is -0.385 e. The first-order valence-corrected chi connectivity index (χ1v) is 7.96. The molecule has 0 aliphatic rings. The van der Waals surface area contributed by atoms with Crippen LogP contribution in [-0.2, 0) is 9.84 Å². The molecule has 0 aliphatic carbocycles. The molecule has 0 saturated heterocycles. The van der Waals surface area contributed by atoms with E-state index in [4.69, 9.17) is 11.6 Å². The summed E-state index contributed by atoms with van der Waals surface area (Å²) in [6, 6.07) is 6.79. The minimum absolute atomic E-state index is 0.344. The van der Waals surface area contributed by atoms with Crippen LogP contribution >= 0.6 is 11.6 Å². The molecule has 0 fully saturated rings. The molecule has 0 bridgehead atoms. The van der Waals surface area contributed by atoms with E-state index in [0.717, 1.165) is 18.7 Å². The van der Waals surface area contributed by atoms with Crippen molar-refractivity contribution in [2.75, 3.05) is 24.0 Å². The number of nitrogens with one attached hydrogen (secondary N) is 1. The monoisotopic (exact) mass is 275 g/mol. The molecule has 5 heteroatoms. The van der Waals surface area contributed by atoms with Gasteiger partial charge >= 0.3 is 0 Å². The lowest BCUT2D eigenvalue weighted by Crippen LogP contribution is -2.11. The van der Waals surface area contributed by atoms with Crippen LogP contribution in [0.1, 0.15) is 13.3 Å². The highest BCUT2D eigenvalue weighted by Gasteiger charge is 2.06. The van der Waals surface area contributed by atoms with Gasteiger partial charge in [0.15, 0.2) is 9.84 Å². The van der Waals surface area contributed by atoms with Crippen molar-refractivity contribution in [3.8, 4) is 0 Å². The Balaban J connectivity index is 2.57. The van der Waals surface area contributed by atoms with Gasteiger partial charge in [0.05, 0.1) is 4.90 Å². The van der Waals surface area contributed by atoms with Crippen LogP contribution in [0.2, 0.25) is 0 Å². The second kappa shape index (κ2) is 6.26. The van der Waals surface area contributed by atoms with Gasteiger partial charge in [-0.2, -0.15) is 0 Å². The average molecular weight is 276 g/mol. The van der Waals surface area contributed by atoms with E-state index in [-0.39, 0.29) is 0 Å². The SMILES string of the molecule is CC(CCCl)CNc1ccc(S(C)(=O)=O)cc1. The topological polar surface area (TPSA) is 46.2 Å². The fourth-order valence-electron chi connectivity index (χ4n) is 1.40. The normalized spacial score (nSPS) is 13.4. The molecule has 1 aromatic rings. The smallest absolute Gasteiger partial charge is 0.175 e. The summed E-state index contributed by atoms with van der Waals surface area (Å²) in [6.07, 6.45) is 2.17. The molecule has 1 N–H and O–H groups in total. The minimum atomic E-state index is -3.10. The number of benzene rings is 1. The van der Waals surface area contributed by atoms with Crippen LogP contribution in [0.3, 0.4) is 0 Å². The molecule has 0 aromatic heterocycles. The van der Waals surface area contributed by atoms with Crippen molar-refractivity contribution >= 4 is 27.1 Å². The number of halogens is 1. The molecule has 17 heavy (non-hydrogen) atoms. The summed E-state index contributed by atoms with van der Waals surface area (Å²) in [4.78, 5) is 0.344. The standard InChI is InChI=1S/C12H18ClNO2S/c1-10(7-8-13)9-14-11-3-5-12(6-4-11)17(2,15)16/h3-6,10,14H,7-9H2,1-2H3. The Morgan fingerprint density at radius 3 is 2.35 bits per heavy atom. The zero-order valence-electron chi connectivity index (χ0n) is 10.1. The number of rotatable bonds is 6. The Bertz CT molecular complexity index is 442. The van der Waals surface area contributed by atoms with Gasteiger partial charge in [0.2, 0.25) is 0 Å². The van der Waals surface area contributed by atoms with Gasteiger partial charge in [0.1, 0.15) is 0 Å². The molecule has 1 aromatic carbocycles. The van der Waals surface area contributed by atoms with Gasteiger partial charge in [0, 0.05) is 24.4 Å². The Labute approximate surface area is 108 Å². The van der Waals surface area contributed by atoms with Crippen LogP contribution in [0.5, 0.6) is 0 Å². The van der Waals surface area contributed by atoms with E-state index in [2.05, 4.69) is 12.2 Å². The Morgan fingerprint density at radius 2 is 1.88 bits per heavy atom. The molecule has 0 heterocycles. The molecule has 96 valence electrons. The molecule has 3 nitrogen and oxygen atoms in total. The van der Waals surface area contributed by atoms with Gasteiger partial charge in [-0.05, 0) is 36.6 Å². The van der Waals surface area contributed by atoms with Crippen LogP contribution < -0.4 is 5.32 Å². The Morgan fingerprint density at radius 1 is 1.29 bits per heavy atom. The fourth-order valence-corrected chi connectivity index (χ4v) is 2.40. The molecular weight excluding hydrogens is 258 g/mol. The quantitative estimate of drug-likeness (QED) is 0.812. The maximum atomic E-state index is 11.3. The van der Waals surface area contributed by atoms with E-state index in [1.807, 2.05) is 0 Å². The second-order valence-electron chi connectivity index (χ2n) is 4.26. The lowest BCUT2D eigenvalue weighted by molar-refractivity contribution is 0.596. The lowest BCUT2D eigenvalue weighted by atomic mass is 10.1. The van der Waals surface area contributed by atoms with Crippen LogP contribution in [0.25, 0.3) is 0 Å². The van der Waals surface area contributed by atoms with Gasteiger partial charge in [-0.25, -0.2) is 8.42 Å². The first-order valence-electron chi connectivity index (χ1n) is 5.53. The molecule has 0 spiro atoms. The van der Waals surface area contributed by atoms with Crippen LogP contribution in [0, 0.1) is 5.92 Å². The maximum absolute atomic E-state index is 11.3. The molecule has 0 saturated carbocycles. The van der Waals surface area contributed by atoms with E-state index in [1.54, 1.807) is 24.3 Å². The second-order valence-corrected chi connectivity index (χ2v) is 6.65. The fraction of sp³-hybridized carbons (Fsp3) is 0.500. The van der Waals surface area contributed by atoms with E-state index in [1.165, 1.54) is 6.26 Å². The van der Waals surface area contributed by atoms with E-state index < -0.39 is 9.84 Å².